The van der Waals surface area contributed by atoms with Crippen molar-refractivity contribution in [1.29, 1.82) is 0 Å². The minimum absolute atomic E-state index is 0.171. The summed E-state index contributed by atoms with van der Waals surface area (Å²) in [6, 6.07) is 0. The SMILES string of the molecule is CCCCCCCCCCCCCCCCCCOC(=O)CCN(CCNC)CCNCCNC(=O)OCC(O)COC(=O)CCC(=O)OCC(CO)OC(C)=O. The zero-order valence-corrected chi connectivity index (χ0v) is 35.5. The molecule has 0 aliphatic heterocycles. The molecule has 2 atom stereocenters. The lowest BCUT2D eigenvalue weighted by atomic mass is 10.0. The first-order valence-electron chi connectivity index (χ1n) is 21.5. The molecule has 5 N–H and O–H groups in total. The number of ether oxygens (including phenoxy) is 5. The summed E-state index contributed by atoms with van der Waals surface area (Å²) < 4.78 is 24.9. The van der Waals surface area contributed by atoms with Crippen LogP contribution in [0.5, 0.6) is 0 Å². The van der Waals surface area contributed by atoms with Gasteiger partial charge in [0.05, 0.1) is 32.5 Å². The molecule has 0 bridgehead atoms. The lowest BCUT2D eigenvalue weighted by Crippen LogP contribution is -2.40. The van der Waals surface area contributed by atoms with Crippen molar-refractivity contribution in [3.8, 4) is 0 Å². The molecule has 0 aliphatic carbocycles. The average molecular weight is 819 g/mol. The van der Waals surface area contributed by atoms with E-state index in [2.05, 4.69) is 27.8 Å². The topological polar surface area (TPSA) is 211 Å². The van der Waals surface area contributed by atoms with E-state index in [1.807, 2.05) is 7.05 Å². The summed E-state index contributed by atoms with van der Waals surface area (Å²) in [5.41, 5.74) is 0. The van der Waals surface area contributed by atoms with Crippen LogP contribution in [0.4, 0.5) is 4.79 Å². The lowest BCUT2D eigenvalue weighted by molar-refractivity contribution is -0.160. The van der Waals surface area contributed by atoms with E-state index in [1.54, 1.807) is 0 Å². The molecule has 0 saturated heterocycles. The molecule has 0 rings (SSSR count). The van der Waals surface area contributed by atoms with Gasteiger partial charge in [0.2, 0.25) is 0 Å². The number of rotatable bonds is 40. The molecule has 0 spiro atoms. The van der Waals surface area contributed by atoms with Gasteiger partial charge in [0.1, 0.15) is 25.9 Å². The number of likely N-dealkylation sites (N-methyl/N-ethyl adjacent to an activating group) is 1. The van der Waals surface area contributed by atoms with E-state index in [4.69, 9.17) is 28.8 Å². The molecular weight excluding hydrogens is 740 g/mol. The Morgan fingerprint density at radius 2 is 1.11 bits per heavy atom. The molecule has 0 heterocycles. The van der Waals surface area contributed by atoms with Crippen molar-refractivity contribution in [2.75, 3.05) is 85.9 Å². The number of esters is 4. The zero-order chi connectivity index (χ0) is 42.2. The third-order valence-electron chi connectivity index (χ3n) is 9.09. The highest BCUT2D eigenvalue weighted by molar-refractivity contribution is 5.77. The van der Waals surface area contributed by atoms with Gasteiger partial charge in [0.15, 0.2) is 6.10 Å². The number of alkyl carbamates (subject to hydrolysis) is 1. The largest absolute Gasteiger partial charge is 0.466 e. The Kier molecular flexibility index (Phi) is 37.6. The summed E-state index contributed by atoms with van der Waals surface area (Å²) in [7, 11) is 1.88. The highest BCUT2D eigenvalue weighted by Crippen LogP contribution is 2.14. The number of unbranched alkanes of at least 4 members (excludes halogenated alkanes) is 15. The number of aliphatic hydroxyl groups excluding tert-OH is 2. The maximum atomic E-state index is 12.3. The quantitative estimate of drug-likeness (QED) is 0.0334. The van der Waals surface area contributed by atoms with Crippen LogP contribution in [0.15, 0.2) is 0 Å². The normalized spacial score (nSPS) is 12.2. The van der Waals surface area contributed by atoms with E-state index in [0.29, 0.717) is 39.2 Å². The van der Waals surface area contributed by atoms with Gasteiger partial charge in [-0.2, -0.15) is 0 Å². The van der Waals surface area contributed by atoms with E-state index >= 15 is 0 Å². The van der Waals surface area contributed by atoms with E-state index in [1.165, 1.54) is 89.9 Å². The summed E-state index contributed by atoms with van der Waals surface area (Å²) in [6.45, 7) is 6.45. The third kappa shape index (κ3) is 38.2. The second kappa shape index (κ2) is 39.8. The van der Waals surface area contributed by atoms with Gasteiger partial charge in [-0.1, -0.05) is 103 Å². The van der Waals surface area contributed by atoms with Crippen molar-refractivity contribution in [2.24, 2.45) is 0 Å². The Hall–Kier alpha value is -3.05. The molecule has 2 unspecified atom stereocenters. The fraction of sp³-hybridized carbons (Fsp3) is 0.878. The fourth-order valence-electron chi connectivity index (χ4n) is 5.73. The van der Waals surface area contributed by atoms with E-state index < -0.39 is 56.0 Å². The maximum Gasteiger partial charge on any atom is 0.407 e. The smallest absolute Gasteiger partial charge is 0.407 e. The van der Waals surface area contributed by atoms with Gasteiger partial charge in [-0.15, -0.1) is 0 Å². The van der Waals surface area contributed by atoms with Crippen LogP contribution in [0.1, 0.15) is 136 Å². The second-order valence-corrected chi connectivity index (χ2v) is 14.4. The number of nitrogens with zero attached hydrogens (tertiary/aromatic N) is 1. The van der Waals surface area contributed by atoms with Crippen LogP contribution in [0.2, 0.25) is 0 Å². The summed E-state index contributed by atoms with van der Waals surface area (Å²) in [6.07, 6.45) is 17.6. The first kappa shape index (κ1) is 53.9. The fourth-order valence-corrected chi connectivity index (χ4v) is 5.73. The number of nitrogens with one attached hydrogen (secondary N) is 3. The average Bonchev–Trinajstić information content (AvgIpc) is 3.19. The summed E-state index contributed by atoms with van der Waals surface area (Å²) in [4.78, 5) is 61.0. The van der Waals surface area contributed by atoms with Crippen LogP contribution < -0.4 is 16.0 Å². The number of carbonyl (C=O) groups is 5. The number of amides is 1. The van der Waals surface area contributed by atoms with Gasteiger partial charge in [0.25, 0.3) is 0 Å². The van der Waals surface area contributed by atoms with Gasteiger partial charge in [-0.3, -0.25) is 19.2 Å². The number of carbonyl (C=O) groups excluding carboxylic acids is 5. The molecule has 0 aromatic rings. The first-order chi connectivity index (χ1) is 27.6. The van der Waals surface area contributed by atoms with Crippen LogP contribution in [-0.4, -0.2) is 143 Å². The Morgan fingerprint density at radius 3 is 1.65 bits per heavy atom. The highest BCUT2D eigenvalue weighted by Gasteiger charge is 2.17. The van der Waals surface area contributed by atoms with Crippen molar-refractivity contribution < 1.29 is 57.9 Å². The van der Waals surface area contributed by atoms with E-state index in [0.717, 1.165) is 32.9 Å². The van der Waals surface area contributed by atoms with Gasteiger partial charge >= 0.3 is 30.0 Å². The number of hydrogen-bond acceptors (Lipinski definition) is 15. The molecule has 16 heteroatoms. The highest BCUT2D eigenvalue weighted by atomic mass is 16.6. The van der Waals surface area contributed by atoms with Gasteiger partial charge in [-0.25, -0.2) is 4.79 Å². The second-order valence-electron chi connectivity index (χ2n) is 14.4. The number of hydrogen-bond donors (Lipinski definition) is 5. The van der Waals surface area contributed by atoms with E-state index in [9.17, 15) is 29.1 Å². The van der Waals surface area contributed by atoms with Gasteiger partial charge < -0.3 is 54.7 Å². The van der Waals surface area contributed by atoms with Crippen molar-refractivity contribution >= 4 is 30.0 Å². The van der Waals surface area contributed by atoms with Crippen molar-refractivity contribution in [1.82, 2.24) is 20.9 Å². The zero-order valence-electron chi connectivity index (χ0n) is 35.5. The first-order valence-corrected chi connectivity index (χ1v) is 21.5. The Balaban J connectivity index is 3.86. The lowest BCUT2D eigenvalue weighted by Gasteiger charge is -2.22. The molecule has 16 nitrogen and oxygen atoms in total. The summed E-state index contributed by atoms with van der Waals surface area (Å²) in [5.74, 6) is -2.34. The van der Waals surface area contributed by atoms with Crippen LogP contribution >= 0.6 is 0 Å². The molecule has 0 aliphatic rings. The van der Waals surface area contributed by atoms with Crippen molar-refractivity contribution in [3.63, 3.8) is 0 Å². The van der Waals surface area contributed by atoms with Crippen molar-refractivity contribution in [2.45, 2.75) is 148 Å². The van der Waals surface area contributed by atoms with Crippen LogP contribution in [0, 0.1) is 0 Å². The maximum absolute atomic E-state index is 12.3. The third-order valence-corrected chi connectivity index (χ3v) is 9.09. The molecule has 0 radical (unpaired) electrons. The molecule has 0 fully saturated rings. The molecule has 0 saturated carbocycles. The monoisotopic (exact) mass is 819 g/mol. The Labute approximate surface area is 342 Å². The predicted octanol–water partition coefficient (Wildman–Crippen LogP) is 4.17. The molecule has 0 aromatic heterocycles. The van der Waals surface area contributed by atoms with Gasteiger partial charge in [0, 0.05) is 52.7 Å². The minimum atomic E-state index is -1.27. The van der Waals surface area contributed by atoms with Crippen LogP contribution in [0.25, 0.3) is 0 Å². The molecular formula is C41H78N4O12. The van der Waals surface area contributed by atoms with E-state index in [-0.39, 0.29) is 32.0 Å². The summed E-state index contributed by atoms with van der Waals surface area (Å²) >= 11 is 0. The van der Waals surface area contributed by atoms with Crippen molar-refractivity contribution in [3.05, 3.63) is 0 Å². The number of aliphatic hydroxyl groups is 2. The van der Waals surface area contributed by atoms with Crippen LogP contribution in [-0.2, 0) is 42.9 Å². The predicted molar refractivity (Wildman–Crippen MR) is 218 cm³/mol. The Bertz CT molecular complexity index is 1020. The molecule has 0 aromatic carbocycles. The molecule has 1 amide bonds. The molecule has 334 valence electrons. The Morgan fingerprint density at radius 1 is 0.596 bits per heavy atom. The summed E-state index contributed by atoms with van der Waals surface area (Å²) in [5, 5.41) is 28.0. The van der Waals surface area contributed by atoms with Gasteiger partial charge in [-0.05, 0) is 13.5 Å². The minimum Gasteiger partial charge on any atom is -0.466 e. The van der Waals surface area contributed by atoms with Crippen LogP contribution in [0.3, 0.4) is 0 Å². The standard InChI is InChI=1S/C41H78N4O12/c1-4-5-6-7-8-9-10-11-12-13-14-15-16-17-18-19-30-53-40(51)22-27-45(28-25-42-3)29-26-43-23-24-44-41(52)56-33-36(48)32-54-38(49)20-21-39(50)55-34-37(31-46)57-35(2)47/h36-37,42-43,46,48H,4-34H2,1-3H3,(H,44,52). The molecule has 57 heavy (non-hydrogen) atoms.